The minimum absolute atomic E-state index is 0. The van der Waals surface area contributed by atoms with Gasteiger partial charge in [-0.25, -0.2) is 13.1 Å². The van der Waals surface area contributed by atoms with Gasteiger partial charge in [-0.1, -0.05) is 0 Å². The number of amides is 1. The van der Waals surface area contributed by atoms with Crippen molar-refractivity contribution in [3.8, 4) is 0 Å². The molecule has 0 heterocycles. The third kappa shape index (κ3) is 5.85. The molecule has 126 valence electrons. The lowest BCUT2D eigenvalue weighted by atomic mass is 10.2. The lowest BCUT2D eigenvalue weighted by molar-refractivity contribution is -0.114. The van der Waals surface area contributed by atoms with Gasteiger partial charge in [0, 0.05) is 24.0 Å². The van der Waals surface area contributed by atoms with E-state index in [2.05, 4.69) is 31.3 Å². The van der Waals surface area contributed by atoms with Crippen molar-refractivity contribution in [1.29, 1.82) is 0 Å². The molecule has 1 amide bonds. The van der Waals surface area contributed by atoms with E-state index in [4.69, 9.17) is 0 Å². The predicted molar refractivity (Wildman–Crippen MR) is 94.1 cm³/mol. The molecule has 1 aromatic rings. The summed E-state index contributed by atoms with van der Waals surface area (Å²) in [6.45, 7) is 5.26. The van der Waals surface area contributed by atoms with E-state index in [1.54, 1.807) is 20.0 Å². The fourth-order valence-electron chi connectivity index (χ4n) is 1.65. The second-order valence-electron chi connectivity index (χ2n) is 4.82. The lowest BCUT2D eigenvalue weighted by Gasteiger charge is -2.15. The number of carbonyl (C=O) groups is 1. The number of benzene rings is 1. The molecule has 1 aromatic carbocycles. The van der Waals surface area contributed by atoms with Crippen molar-refractivity contribution in [2.45, 2.75) is 31.7 Å². The van der Waals surface area contributed by atoms with Gasteiger partial charge in [-0.15, -0.1) is 12.4 Å². The monoisotopic (exact) mass is 413 g/mol. The van der Waals surface area contributed by atoms with Gasteiger partial charge in [0.15, 0.2) is 0 Å². The minimum Gasteiger partial charge on any atom is -0.325 e. The van der Waals surface area contributed by atoms with Crippen LogP contribution in [0, 0.1) is 6.92 Å². The van der Waals surface area contributed by atoms with Crippen LogP contribution in [0.4, 0.5) is 5.69 Å². The van der Waals surface area contributed by atoms with Crippen LogP contribution in [0.15, 0.2) is 21.5 Å². The summed E-state index contributed by atoms with van der Waals surface area (Å²) in [5.41, 5.74) is 1.11. The molecule has 0 bridgehead atoms. The lowest BCUT2D eigenvalue weighted by Crippen LogP contribution is -2.37. The number of likely N-dealkylation sites (N-methyl/N-ethyl adjacent to an activating group) is 1. The van der Waals surface area contributed by atoms with Crippen LogP contribution >= 0.6 is 28.3 Å². The third-order valence-electron chi connectivity index (χ3n) is 2.94. The van der Waals surface area contributed by atoms with Gasteiger partial charge in [-0.3, -0.25) is 4.79 Å². The number of hydrogen-bond donors (Lipinski definition) is 3. The molecule has 3 N–H and O–H groups in total. The fourth-order valence-corrected chi connectivity index (χ4v) is 3.63. The van der Waals surface area contributed by atoms with Crippen LogP contribution in [0.2, 0.25) is 0 Å². The Hall–Kier alpha value is -0.670. The van der Waals surface area contributed by atoms with Gasteiger partial charge in [-0.2, -0.15) is 0 Å². The maximum atomic E-state index is 12.3. The van der Waals surface area contributed by atoms with Crippen LogP contribution in [-0.4, -0.2) is 34.0 Å². The molecule has 1 rings (SSSR count). The number of anilines is 1. The molecule has 0 fully saturated rings. The maximum absolute atomic E-state index is 12.3. The van der Waals surface area contributed by atoms with Crippen LogP contribution in [0.3, 0.4) is 0 Å². The molecule has 9 heteroatoms. The standard InChI is InChI=1S/C13H20BrN3O3S.ClH/c1-8-5-12(17-10(3)18)11(14)6-13(8)21(19,20)16-7-9(2)15-4;/h5-6,9,15-16H,7H2,1-4H3,(H,17,18);1H. The van der Waals surface area contributed by atoms with Gasteiger partial charge >= 0.3 is 0 Å². The molecule has 0 spiro atoms. The predicted octanol–water partition coefficient (Wildman–Crippen LogP) is 2.02. The highest BCUT2D eigenvalue weighted by Gasteiger charge is 2.19. The first kappa shape index (κ1) is 21.3. The Bertz CT molecular complexity index is 638. The smallest absolute Gasteiger partial charge is 0.240 e. The summed E-state index contributed by atoms with van der Waals surface area (Å²) in [6, 6.07) is 3.15. The van der Waals surface area contributed by atoms with Crippen LogP contribution in [0.25, 0.3) is 0 Å². The first-order chi connectivity index (χ1) is 9.67. The second-order valence-corrected chi connectivity index (χ2v) is 7.41. The van der Waals surface area contributed by atoms with Crippen LogP contribution < -0.4 is 15.4 Å². The molecule has 22 heavy (non-hydrogen) atoms. The molecule has 0 radical (unpaired) electrons. The Morgan fingerprint density at radius 3 is 2.45 bits per heavy atom. The number of hydrogen-bond acceptors (Lipinski definition) is 4. The van der Waals surface area contributed by atoms with Crippen molar-refractivity contribution in [1.82, 2.24) is 10.0 Å². The van der Waals surface area contributed by atoms with Gasteiger partial charge in [0.25, 0.3) is 0 Å². The highest BCUT2D eigenvalue weighted by Crippen LogP contribution is 2.28. The average Bonchev–Trinajstić information content (AvgIpc) is 2.39. The largest absolute Gasteiger partial charge is 0.325 e. The zero-order valence-electron chi connectivity index (χ0n) is 12.9. The summed E-state index contributed by atoms with van der Waals surface area (Å²) in [7, 11) is -1.83. The van der Waals surface area contributed by atoms with E-state index in [-0.39, 0.29) is 29.3 Å². The zero-order valence-corrected chi connectivity index (χ0v) is 16.1. The SMILES string of the molecule is CNC(C)CNS(=O)(=O)c1cc(Br)c(NC(C)=O)cc1C.Cl. The first-order valence-corrected chi connectivity index (χ1v) is 8.69. The second kappa shape index (κ2) is 8.83. The van der Waals surface area contributed by atoms with Crippen molar-refractivity contribution in [2.75, 3.05) is 18.9 Å². The molecule has 0 saturated heterocycles. The van der Waals surface area contributed by atoms with Gasteiger partial charge in [0.2, 0.25) is 15.9 Å². The van der Waals surface area contributed by atoms with Crippen molar-refractivity contribution >= 4 is 50.0 Å². The summed E-state index contributed by atoms with van der Waals surface area (Å²) in [6.07, 6.45) is 0. The Balaban J connectivity index is 0.00000441. The van der Waals surface area contributed by atoms with Crippen LogP contribution in [0.5, 0.6) is 0 Å². The molecule has 1 atom stereocenters. The Kier molecular flexibility index (Phi) is 8.56. The Morgan fingerprint density at radius 2 is 1.95 bits per heavy atom. The molecule has 0 aliphatic rings. The molecule has 0 saturated carbocycles. The molecular weight excluding hydrogens is 394 g/mol. The average molecular weight is 415 g/mol. The molecule has 6 nitrogen and oxygen atoms in total. The van der Waals surface area contributed by atoms with Gasteiger partial charge in [0.1, 0.15) is 0 Å². The van der Waals surface area contributed by atoms with E-state index in [0.29, 0.717) is 22.3 Å². The van der Waals surface area contributed by atoms with Crippen molar-refractivity contribution < 1.29 is 13.2 Å². The van der Waals surface area contributed by atoms with Gasteiger partial charge < -0.3 is 10.6 Å². The summed E-state index contributed by atoms with van der Waals surface area (Å²) >= 11 is 3.28. The maximum Gasteiger partial charge on any atom is 0.240 e. The Morgan fingerprint density at radius 1 is 1.36 bits per heavy atom. The Labute approximate surface area is 146 Å². The van der Waals surface area contributed by atoms with Gasteiger partial charge in [-0.05, 0) is 54.5 Å². The molecule has 0 aliphatic carbocycles. The topological polar surface area (TPSA) is 87.3 Å². The first-order valence-electron chi connectivity index (χ1n) is 6.42. The quantitative estimate of drug-likeness (QED) is 0.664. The summed E-state index contributed by atoms with van der Waals surface area (Å²) in [5, 5.41) is 5.60. The van der Waals surface area contributed by atoms with Crippen molar-refractivity contribution in [3.63, 3.8) is 0 Å². The minimum atomic E-state index is -3.60. The molecule has 0 aromatic heterocycles. The normalized spacial score (nSPS) is 12.4. The number of rotatable bonds is 6. The third-order valence-corrected chi connectivity index (χ3v) is 5.16. The summed E-state index contributed by atoms with van der Waals surface area (Å²) < 4.78 is 27.7. The number of carbonyl (C=O) groups excluding carboxylic acids is 1. The van der Waals surface area contributed by atoms with Crippen molar-refractivity contribution in [3.05, 3.63) is 22.2 Å². The van der Waals surface area contributed by atoms with E-state index < -0.39 is 10.0 Å². The van der Waals surface area contributed by atoms with Gasteiger partial charge in [0.05, 0.1) is 10.6 Å². The number of halogens is 2. The van der Waals surface area contributed by atoms with E-state index in [1.165, 1.54) is 13.0 Å². The van der Waals surface area contributed by atoms with E-state index in [1.807, 2.05) is 6.92 Å². The van der Waals surface area contributed by atoms with E-state index in [0.717, 1.165) is 0 Å². The fraction of sp³-hybridized carbons (Fsp3) is 0.462. The van der Waals surface area contributed by atoms with Crippen LogP contribution in [0.1, 0.15) is 19.4 Å². The molecular formula is C13H21BrClN3O3S. The molecule has 0 aliphatic heterocycles. The highest BCUT2D eigenvalue weighted by molar-refractivity contribution is 9.10. The summed E-state index contributed by atoms with van der Waals surface area (Å²) in [4.78, 5) is 11.3. The van der Waals surface area contributed by atoms with E-state index >= 15 is 0 Å². The zero-order chi connectivity index (χ0) is 16.2. The van der Waals surface area contributed by atoms with Crippen LogP contribution in [-0.2, 0) is 14.8 Å². The number of sulfonamides is 1. The molecule has 1 unspecified atom stereocenters. The number of aryl methyl sites for hydroxylation is 1. The highest BCUT2D eigenvalue weighted by atomic mass is 79.9. The van der Waals surface area contributed by atoms with E-state index in [9.17, 15) is 13.2 Å². The number of nitrogens with one attached hydrogen (secondary N) is 3. The van der Waals surface area contributed by atoms with Crippen molar-refractivity contribution in [2.24, 2.45) is 0 Å². The summed E-state index contributed by atoms with van der Waals surface area (Å²) in [5.74, 6) is -0.216.